The van der Waals surface area contributed by atoms with Crippen LogP contribution in [0.1, 0.15) is 45.7 Å². The lowest BCUT2D eigenvalue weighted by molar-refractivity contribution is -0.0344. The Kier molecular flexibility index (Phi) is 7.23. The number of imidazole rings is 1. The zero-order valence-corrected chi connectivity index (χ0v) is 20.2. The second kappa shape index (κ2) is 11.0. The molecule has 5 heteroatoms. The summed E-state index contributed by atoms with van der Waals surface area (Å²) in [6.07, 6.45) is 2.00. The molecule has 5 aromatic rings. The van der Waals surface area contributed by atoms with E-state index in [9.17, 15) is 5.11 Å². The Morgan fingerprint density at radius 1 is 0.784 bits per heavy atom. The van der Waals surface area contributed by atoms with Gasteiger partial charge >= 0.3 is 0 Å². The van der Waals surface area contributed by atoms with E-state index in [4.69, 9.17) is 10.00 Å². The van der Waals surface area contributed by atoms with Gasteiger partial charge < -0.3 is 14.8 Å². The molecule has 0 saturated carbocycles. The summed E-state index contributed by atoms with van der Waals surface area (Å²) in [5, 5.41) is 20.2. The lowest BCUT2D eigenvalue weighted by Gasteiger charge is -2.42. The van der Waals surface area contributed by atoms with Crippen LogP contribution in [0.3, 0.4) is 0 Å². The summed E-state index contributed by atoms with van der Waals surface area (Å²) in [6, 6.07) is 39.9. The zero-order chi connectivity index (χ0) is 25.5. The highest BCUT2D eigenvalue weighted by molar-refractivity contribution is 5.53. The Balaban J connectivity index is 1.66. The molecule has 37 heavy (non-hydrogen) atoms. The number of H-pyrrole nitrogens is 1. The predicted molar refractivity (Wildman–Crippen MR) is 143 cm³/mol. The van der Waals surface area contributed by atoms with Crippen LogP contribution in [0.5, 0.6) is 0 Å². The summed E-state index contributed by atoms with van der Waals surface area (Å²) >= 11 is 0. The summed E-state index contributed by atoms with van der Waals surface area (Å²) in [6.45, 7) is 0.0455. The minimum atomic E-state index is -0.877. The minimum absolute atomic E-state index is 0.0455. The standard InChI is InChI=1S/C32H27N3O2/c33-20-24-16-18-25(19-17-24)30(36)22-37-31(29-21-34-23-35-29)32(26-10-4-1-5-11-26,27-12-6-2-7-13-27)28-14-8-3-9-15-28/h1-19,21,23,30-31,36H,22H2,(H,34,35). The van der Waals surface area contributed by atoms with Gasteiger partial charge in [0, 0.05) is 0 Å². The molecule has 2 N–H and O–H groups in total. The summed E-state index contributed by atoms with van der Waals surface area (Å²) in [7, 11) is 0. The number of nitriles is 1. The molecule has 182 valence electrons. The second-order valence-corrected chi connectivity index (χ2v) is 8.88. The van der Waals surface area contributed by atoms with Gasteiger partial charge in [0.2, 0.25) is 0 Å². The van der Waals surface area contributed by atoms with Gasteiger partial charge in [0.15, 0.2) is 0 Å². The highest BCUT2D eigenvalue weighted by Gasteiger charge is 2.46. The van der Waals surface area contributed by atoms with Crippen LogP contribution in [0.2, 0.25) is 0 Å². The molecule has 2 unspecified atom stereocenters. The summed E-state index contributed by atoms with van der Waals surface area (Å²) < 4.78 is 6.70. The van der Waals surface area contributed by atoms with Gasteiger partial charge in [-0.2, -0.15) is 5.26 Å². The average molecular weight is 486 g/mol. The van der Waals surface area contributed by atoms with Gasteiger partial charge in [-0.1, -0.05) is 103 Å². The first-order chi connectivity index (χ1) is 18.2. The van der Waals surface area contributed by atoms with E-state index in [1.807, 2.05) is 54.6 Å². The number of rotatable bonds is 9. The maximum atomic E-state index is 11.1. The molecule has 0 bridgehead atoms. The third-order valence-corrected chi connectivity index (χ3v) is 6.73. The van der Waals surface area contributed by atoms with Crippen LogP contribution >= 0.6 is 0 Å². The van der Waals surface area contributed by atoms with Crippen LogP contribution in [0.4, 0.5) is 0 Å². The quantitative estimate of drug-likeness (QED) is 0.247. The number of hydrogen-bond donors (Lipinski definition) is 2. The van der Waals surface area contributed by atoms with Gasteiger partial charge in [-0.25, -0.2) is 4.98 Å². The van der Waals surface area contributed by atoms with Crippen LogP contribution in [0.25, 0.3) is 0 Å². The number of nitrogens with zero attached hydrogens (tertiary/aromatic N) is 2. The normalized spacial score (nSPS) is 13.0. The molecule has 0 spiro atoms. The van der Waals surface area contributed by atoms with Crippen molar-refractivity contribution in [3.63, 3.8) is 0 Å². The highest BCUT2D eigenvalue weighted by Crippen LogP contribution is 2.50. The van der Waals surface area contributed by atoms with E-state index in [1.165, 1.54) is 0 Å². The first-order valence-corrected chi connectivity index (χ1v) is 12.2. The van der Waals surface area contributed by atoms with Crippen LogP contribution in [-0.4, -0.2) is 21.7 Å². The molecule has 0 saturated heterocycles. The fourth-order valence-electron chi connectivity index (χ4n) is 4.98. The van der Waals surface area contributed by atoms with Crippen LogP contribution in [-0.2, 0) is 10.2 Å². The fourth-order valence-corrected chi connectivity index (χ4v) is 4.98. The number of hydrogen-bond acceptors (Lipinski definition) is 4. The molecule has 0 aliphatic heterocycles. The molecule has 0 fully saturated rings. The van der Waals surface area contributed by atoms with Crippen molar-refractivity contribution >= 4 is 0 Å². The molecular formula is C32H27N3O2. The Morgan fingerprint density at radius 2 is 1.30 bits per heavy atom. The summed E-state index contributed by atoms with van der Waals surface area (Å²) in [5.74, 6) is 0. The lowest BCUT2D eigenvalue weighted by Crippen LogP contribution is -2.39. The minimum Gasteiger partial charge on any atom is -0.386 e. The Hall–Kier alpha value is -4.50. The maximum Gasteiger partial charge on any atom is 0.117 e. The van der Waals surface area contributed by atoms with Crippen LogP contribution in [0.15, 0.2) is 128 Å². The van der Waals surface area contributed by atoms with Gasteiger partial charge in [-0.05, 0) is 34.4 Å². The van der Waals surface area contributed by atoms with E-state index in [0.717, 1.165) is 22.4 Å². The molecule has 5 rings (SSSR count). The van der Waals surface area contributed by atoms with Gasteiger partial charge in [-0.3, -0.25) is 0 Å². The number of aromatic amines is 1. The topological polar surface area (TPSA) is 81.9 Å². The number of benzene rings is 4. The van der Waals surface area contributed by atoms with E-state index >= 15 is 0 Å². The number of ether oxygens (including phenoxy) is 1. The Labute approximate surface area is 216 Å². The first-order valence-electron chi connectivity index (χ1n) is 12.2. The third kappa shape index (κ3) is 4.81. The molecule has 0 amide bonds. The van der Waals surface area contributed by atoms with E-state index in [1.54, 1.807) is 36.8 Å². The third-order valence-electron chi connectivity index (χ3n) is 6.73. The lowest BCUT2D eigenvalue weighted by atomic mass is 9.65. The predicted octanol–water partition coefficient (Wildman–Crippen LogP) is 6.11. The number of aromatic nitrogens is 2. The molecular weight excluding hydrogens is 458 g/mol. The molecule has 1 heterocycles. The van der Waals surface area contributed by atoms with Crippen LogP contribution < -0.4 is 0 Å². The van der Waals surface area contributed by atoms with Gasteiger partial charge in [0.25, 0.3) is 0 Å². The van der Waals surface area contributed by atoms with Crippen molar-refractivity contribution in [2.24, 2.45) is 0 Å². The van der Waals surface area contributed by atoms with E-state index < -0.39 is 17.6 Å². The molecule has 4 aromatic carbocycles. The van der Waals surface area contributed by atoms with Crippen molar-refractivity contribution < 1.29 is 9.84 Å². The van der Waals surface area contributed by atoms with Crippen molar-refractivity contribution in [3.05, 3.63) is 161 Å². The summed E-state index contributed by atoms with van der Waals surface area (Å²) in [4.78, 5) is 7.59. The fraction of sp³-hybridized carbons (Fsp3) is 0.125. The van der Waals surface area contributed by atoms with Crippen molar-refractivity contribution in [2.75, 3.05) is 6.61 Å². The van der Waals surface area contributed by atoms with Crippen LogP contribution in [0, 0.1) is 11.3 Å². The number of aliphatic hydroxyl groups is 1. The number of aliphatic hydroxyl groups excluding tert-OH is 1. The molecule has 1 aromatic heterocycles. The Morgan fingerprint density at radius 3 is 1.73 bits per heavy atom. The molecule has 0 aliphatic carbocycles. The SMILES string of the molecule is N#Cc1ccc(C(O)COC(c2cnc[nH]2)C(c2ccccc2)(c2ccccc2)c2ccccc2)cc1. The van der Waals surface area contributed by atoms with Crippen molar-refractivity contribution in [1.29, 1.82) is 5.26 Å². The first kappa shape index (κ1) is 24.2. The maximum absolute atomic E-state index is 11.1. The molecule has 0 radical (unpaired) electrons. The van der Waals surface area contributed by atoms with Gasteiger partial charge in [0.05, 0.1) is 41.9 Å². The van der Waals surface area contributed by atoms with Crippen molar-refractivity contribution in [3.8, 4) is 6.07 Å². The largest absolute Gasteiger partial charge is 0.386 e. The van der Waals surface area contributed by atoms with Gasteiger partial charge in [-0.15, -0.1) is 0 Å². The average Bonchev–Trinajstić information content (AvgIpc) is 3.51. The number of nitrogens with one attached hydrogen (secondary N) is 1. The summed E-state index contributed by atoms with van der Waals surface area (Å²) in [5.41, 5.74) is 4.44. The highest BCUT2D eigenvalue weighted by atomic mass is 16.5. The Bertz CT molecular complexity index is 1330. The molecule has 2 atom stereocenters. The molecule has 0 aliphatic rings. The zero-order valence-electron chi connectivity index (χ0n) is 20.2. The van der Waals surface area contributed by atoms with E-state index in [-0.39, 0.29) is 6.61 Å². The van der Waals surface area contributed by atoms with Gasteiger partial charge in [0.1, 0.15) is 12.2 Å². The molecule has 5 nitrogen and oxygen atoms in total. The van der Waals surface area contributed by atoms with E-state index in [0.29, 0.717) is 11.1 Å². The second-order valence-electron chi connectivity index (χ2n) is 8.88. The smallest absolute Gasteiger partial charge is 0.117 e. The van der Waals surface area contributed by atoms with Crippen molar-refractivity contribution in [1.82, 2.24) is 9.97 Å². The van der Waals surface area contributed by atoms with Crippen molar-refractivity contribution in [2.45, 2.75) is 17.6 Å². The monoisotopic (exact) mass is 485 g/mol. The van der Waals surface area contributed by atoms with E-state index in [2.05, 4.69) is 52.4 Å².